The lowest BCUT2D eigenvalue weighted by Gasteiger charge is -2.14. The largest absolute Gasteiger partial charge is 0.494 e. The number of halogens is 2. The van der Waals surface area contributed by atoms with Crippen LogP contribution in [-0.2, 0) is 13.0 Å². The maximum atomic E-state index is 13.2. The highest BCUT2D eigenvalue weighted by Crippen LogP contribution is 2.35. The van der Waals surface area contributed by atoms with Crippen LogP contribution in [0.3, 0.4) is 0 Å². The number of nitrogens with one attached hydrogen (secondary N) is 1. The number of carbonyl (C=O) groups is 1. The predicted octanol–water partition coefficient (Wildman–Crippen LogP) is 4.24. The van der Waals surface area contributed by atoms with Gasteiger partial charge in [0.15, 0.2) is 0 Å². The fraction of sp³-hybridized carbons (Fsp3) is 0.316. The molecule has 2 aromatic rings. The highest BCUT2D eigenvalue weighted by Gasteiger charge is 2.22. The van der Waals surface area contributed by atoms with Crippen molar-refractivity contribution in [2.75, 3.05) is 6.61 Å². The van der Waals surface area contributed by atoms with E-state index in [2.05, 4.69) is 21.2 Å². The predicted molar refractivity (Wildman–Crippen MR) is 96.7 cm³/mol. The van der Waals surface area contributed by atoms with Crippen molar-refractivity contribution in [3.8, 4) is 11.5 Å². The second kappa shape index (κ2) is 7.44. The van der Waals surface area contributed by atoms with Crippen LogP contribution in [0.5, 0.6) is 11.5 Å². The summed E-state index contributed by atoms with van der Waals surface area (Å²) < 4.78 is 25.1. The summed E-state index contributed by atoms with van der Waals surface area (Å²) in [6.45, 7) is 4.78. The van der Waals surface area contributed by atoms with E-state index in [9.17, 15) is 9.18 Å². The first kappa shape index (κ1) is 17.7. The SMILES string of the molecule is CCOc1cc2c(cc1CNC(=O)c1ccc(F)cc1Br)O[C@@H](C)C2. The van der Waals surface area contributed by atoms with E-state index in [1.807, 2.05) is 26.0 Å². The second-order valence-corrected chi connectivity index (χ2v) is 6.79. The van der Waals surface area contributed by atoms with E-state index in [-0.39, 0.29) is 12.0 Å². The smallest absolute Gasteiger partial charge is 0.252 e. The normalized spacial score (nSPS) is 15.4. The summed E-state index contributed by atoms with van der Waals surface area (Å²) in [4.78, 5) is 12.4. The fourth-order valence-electron chi connectivity index (χ4n) is 2.85. The van der Waals surface area contributed by atoms with Gasteiger partial charge in [-0.05, 0) is 60.1 Å². The highest BCUT2D eigenvalue weighted by atomic mass is 79.9. The fourth-order valence-corrected chi connectivity index (χ4v) is 3.38. The lowest BCUT2D eigenvalue weighted by molar-refractivity contribution is 0.0949. The van der Waals surface area contributed by atoms with Gasteiger partial charge in [0.2, 0.25) is 0 Å². The molecule has 1 atom stereocenters. The Hall–Kier alpha value is -2.08. The summed E-state index contributed by atoms with van der Waals surface area (Å²) in [5, 5.41) is 2.85. The molecule has 0 spiro atoms. The Morgan fingerprint density at radius 1 is 1.40 bits per heavy atom. The minimum Gasteiger partial charge on any atom is -0.494 e. The Bertz CT molecular complexity index is 809. The zero-order valence-electron chi connectivity index (χ0n) is 14.1. The topological polar surface area (TPSA) is 47.6 Å². The molecule has 0 saturated heterocycles. The van der Waals surface area contributed by atoms with Crippen LogP contribution in [0.15, 0.2) is 34.8 Å². The van der Waals surface area contributed by atoms with Crippen molar-refractivity contribution in [1.29, 1.82) is 0 Å². The zero-order valence-corrected chi connectivity index (χ0v) is 15.7. The number of hydrogen-bond donors (Lipinski definition) is 1. The van der Waals surface area contributed by atoms with Crippen molar-refractivity contribution >= 4 is 21.8 Å². The first-order valence-corrected chi connectivity index (χ1v) is 8.95. The van der Waals surface area contributed by atoms with Crippen LogP contribution in [0.4, 0.5) is 4.39 Å². The van der Waals surface area contributed by atoms with Crippen LogP contribution >= 0.6 is 15.9 Å². The summed E-state index contributed by atoms with van der Waals surface area (Å²) >= 11 is 3.21. The van der Waals surface area contributed by atoms with Gasteiger partial charge in [-0.25, -0.2) is 4.39 Å². The Kier molecular flexibility index (Phi) is 5.27. The number of rotatable bonds is 5. The third kappa shape index (κ3) is 3.95. The van der Waals surface area contributed by atoms with Gasteiger partial charge in [0.1, 0.15) is 23.4 Å². The van der Waals surface area contributed by atoms with E-state index in [1.54, 1.807) is 0 Å². The van der Waals surface area contributed by atoms with Crippen LogP contribution < -0.4 is 14.8 Å². The summed E-state index contributed by atoms with van der Waals surface area (Å²) in [6, 6.07) is 7.88. The van der Waals surface area contributed by atoms with Gasteiger partial charge in [0.05, 0.1) is 12.2 Å². The summed E-state index contributed by atoms with van der Waals surface area (Å²) in [5.41, 5.74) is 2.35. The summed E-state index contributed by atoms with van der Waals surface area (Å²) in [6.07, 6.45) is 0.995. The van der Waals surface area contributed by atoms with Gasteiger partial charge in [-0.1, -0.05) is 0 Å². The minimum absolute atomic E-state index is 0.143. The first-order chi connectivity index (χ1) is 12.0. The molecule has 0 fully saturated rings. The number of carbonyl (C=O) groups excluding carboxylic acids is 1. The molecule has 4 nitrogen and oxygen atoms in total. The second-order valence-electron chi connectivity index (χ2n) is 5.94. The molecule has 1 heterocycles. The highest BCUT2D eigenvalue weighted by molar-refractivity contribution is 9.10. The minimum atomic E-state index is -0.396. The average molecular weight is 408 g/mol. The quantitative estimate of drug-likeness (QED) is 0.805. The third-order valence-corrected chi connectivity index (χ3v) is 4.65. The Labute approximate surface area is 154 Å². The average Bonchev–Trinajstić information content (AvgIpc) is 2.91. The molecule has 1 N–H and O–H groups in total. The maximum absolute atomic E-state index is 13.2. The molecule has 1 aliphatic heterocycles. The summed E-state index contributed by atoms with van der Waals surface area (Å²) in [7, 11) is 0. The van der Waals surface area contributed by atoms with Crippen molar-refractivity contribution in [1.82, 2.24) is 5.32 Å². The molecule has 1 aliphatic rings. The number of hydrogen-bond acceptors (Lipinski definition) is 3. The molecule has 0 aromatic heterocycles. The van der Waals surface area contributed by atoms with Crippen molar-refractivity contribution in [2.45, 2.75) is 32.9 Å². The molecule has 0 unspecified atom stereocenters. The lowest BCUT2D eigenvalue weighted by Crippen LogP contribution is -2.23. The molecule has 132 valence electrons. The number of fused-ring (bicyclic) bond motifs is 1. The van der Waals surface area contributed by atoms with Crippen molar-refractivity contribution in [3.63, 3.8) is 0 Å². The van der Waals surface area contributed by atoms with Crippen molar-refractivity contribution in [2.24, 2.45) is 0 Å². The van der Waals surface area contributed by atoms with E-state index >= 15 is 0 Å². The molecule has 25 heavy (non-hydrogen) atoms. The Balaban J connectivity index is 1.78. The molecule has 6 heteroatoms. The molecule has 3 rings (SSSR count). The molecule has 2 aromatic carbocycles. The van der Waals surface area contributed by atoms with Gasteiger partial charge in [-0.3, -0.25) is 4.79 Å². The molecular formula is C19H19BrFNO3. The number of amides is 1. The zero-order chi connectivity index (χ0) is 18.0. The van der Waals surface area contributed by atoms with Gasteiger partial charge in [0, 0.05) is 28.6 Å². The van der Waals surface area contributed by atoms with Crippen LogP contribution in [0, 0.1) is 5.82 Å². The van der Waals surface area contributed by atoms with Crippen LogP contribution in [0.25, 0.3) is 0 Å². The van der Waals surface area contributed by atoms with E-state index in [1.165, 1.54) is 18.2 Å². The summed E-state index contributed by atoms with van der Waals surface area (Å²) in [5.74, 6) is 0.900. The van der Waals surface area contributed by atoms with E-state index < -0.39 is 5.82 Å². The standard InChI is InChI=1S/C19H19BrFNO3/c1-3-24-17-7-12-6-11(2)25-18(12)8-13(17)10-22-19(23)15-5-4-14(21)9-16(15)20/h4-5,7-9,11H,3,6,10H2,1-2H3,(H,22,23)/t11-/m0/s1. The van der Waals surface area contributed by atoms with Gasteiger partial charge in [0.25, 0.3) is 5.91 Å². The van der Waals surface area contributed by atoms with Gasteiger partial charge in [-0.2, -0.15) is 0 Å². The van der Waals surface area contributed by atoms with Crippen LogP contribution in [0.1, 0.15) is 35.3 Å². The van der Waals surface area contributed by atoms with Crippen molar-refractivity contribution in [3.05, 3.63) is 57.3 Å². The maximum Gasteiger partial charge on any atom is 0.252 e. The van der Waals surface area contributed by atoms with Gasteiger partial charge >= 0.3 is 0 Å². The van der Waals surface area contributed by atoms with Crippen molar-refractivity contribution < 1.29 is 18.7 Å². The third-order valence-electron chi connectivity index (χ3n) is 3.99. The molecular weight excluding hydrogens is 389 g/mol. The van der Waals surface area contributed by atoms with E-state index in [4.69, 9.17) is 9.47 Å². The monoisotopic (exact) mass is 407 g/mol. The van der Waals surface area contributed by atoms with Crippen LogP contribution in [0.2, 0.25) is 0 Å². The van der Waals surface area contributed by atoms with Gasteiger partial charge < -0.3 is 14.8 Å². The molecule has 0 radical (unpaired) electrons. The van der Waals surface area contributed by atoms with Gasteiger partial charge in [-0.15, -0.1) is 0 Å². The number of ether oxygens (including phenoxy) is 2. The molecule has 0 saturated carbocycles. The first-order valence-electron chi connectivity index (χ1n) is 8.16. The Morgan fingerprint density at radius 3 is 2.92 bits per heavy atom. The van der Waals surface area contributed by atoms with E-state index in [0.29, 0.717) is 23.2 Å². The Morgan fingerprint density at radius 2 is 2.20 bits per heavy atom. The molecule has 0 aliphatic carbocycles. The number of benzene rings is 2. The molecule has 1 amide bonds. The lowest BCUT2D eigenvalue weighted by atomic mass is 10.1. The van der Waals surface area contributed by atoms with E-state index in [0.717, 1.165) is 29.0 Å². The van der Waals surface area contributed by atoms with Crippen LogP contribution in [-0.4, -0.2) is 18.6 Å². The molecule has 0 bridgehead atoms.